The molecule has 1 aliphatic heterocycles. The number of nitrogens with one attached hydrogen (secondary N) is 1. The maximum Gasteiger partial charge on any atom is 0.330 e. The number of nitrogens with zero attached hydrogens (tertiary/aromatic N) is 1. The minimum absolute atomic E-state index is 0.356. The Morgan fingerprint density at radius 3 is 2.95 bits per heavy atom. The van der Waals surface area contributed by atoms with Crippen molar-refractivity contribution in [1.82, 2.24) is 9.55 Å². The summed E-state index contributed by atoms with van der Waals surface area (Å²) in [6.45, 7) is 3.37. The maximum absolute atomic E-state index is 11.7. The SMILES string of the molecule is CCO[C@@]1(CO)C=C[C@@H](n2cc(C)c(=O)[nH]c2=O)O1. The summed E-state index contributed by atoms with van der Waals surface area (Å²) < 4.78 is 12.1. The summed E-state index contributed by atoms with van der Waals surface area (Å²) in [4.78, 5) is 25.2. The first-order valence-corrected chi connectivity index (χ1v) is 5.95. The normalized spacial score (nSPS) is 25.9. The molecule has 19 heavy (non-hydrogen) atoms. The molecule has 1 aromatic heterocycles. The number of H-pyrrole nitrogens is 1. The predicted octanol–water partition coefficient (Wildman–Crippen LogP) is -0.345. The minimum Gasteiger partial charge on any atom is -0.390 e. The highest BCUT2D eigenvalue weighted by atomic mass is 16.7. The van der Waals surface area contributed by atoms with E-state index in [9.17, 15) is 14.7 Å². The van der Waals surface area contributed by atoms with Gasteiger partial charge in [0.05, 0.1) is 0 Å². The van der Waals surface area contributed by atoms with Gasteiger partial charge < -0.3 is 14.6 Å². The van der Waals surface area contributed by atoms with Crippen molar-refractivity contribution in [2.24, 2.45) is 0 Å². The van der Waals surface area contributed by atoms with Crippen LogP contribution in [0.3, 0.4) is 0 Å². The van der Waals surface area contributed by atoms with Crippen molar-refractivity contribution in [2.75, 3.05) is 13.2 Å². The van der Waals surface area contributed by atoms with Crippen LogP contribution in [0.15, 0.2) is 27.9 Å². The standard InChI is InChI=1S/C12H16N2O5/c1-3-18-12(7-15)5-4-9(19-12)14-6-8(2)10(16)13-11(14)17/h4-6,9,15H,3,7H2,1-2H3,(H,13,16,17)/t9-,12-/m0/s1. The fourth-order valence-electron chi connectivity index (χ4n) is 1.90. The van der Waals surface area contributed by atoms with Crippen LogP contribution in [0, 0.1) is 6.92 Å². The molecule has 2 N–H and O–H groups in total. The summed E-state index contributed by atoms with van der Waals surface area (Å²) in [7, 11) is 0. The molecular weight excluding hydrogens is 252 g/mol. The molecule has 7 nitrogen and oxygen atoms in total. The summed E-state index contributed by atoms with van der Waals surface area (Å²) in [5.74, 6) is -1.23. The number of aromatic nitrogens is 2. The van der Waals surface area contributed by atoms with Crippen molar-refractivity contribution < 1.29 is 14.6 Å². The second kappa shape index (κ2) is 5.12. The highest BCUT2D eigenvalue weighted by Crippen LogP contribution is 2.29. The topological polar surface area (TPSA) is 93.5 Å². The Labute approximate surface area is 109 Å². The molecule has 0 amide bonds. The molecule has 0 radical (unpaired) electrons. The van der Waals surface area contributed by atoms with Crippen LogP contribution in [0.5, 0.6) is 0 Å². The van der Waals surface area contributed by atoms with Gasteiger partial charge in [-0.3, -0.25) is 14.3 Å². The lowest BCUT2D eigenvalue weighted by Crippen LogP contribution is -2.39. The average molecular weight is 268 g/mol. The van der Waals surface area contributed by atoms with E-state index < -0.39 is 23.3 Å². The molecule has 2 atom stereocenters. The van der Waals surface area contributed by atoms with E-state index in [1.165, 1.54) is 10.8 Å². The summed E-state index contributed by atoms with van der Waals surface area (Å²) in [6, 6.07) is 0. The quantitative estimate of drug-likeness (QED) is 0.728. The van der Waals surface area contributed by atoms with E-state index in [4.69, 9.17) is 9.47 Å². The predicted molar refractivity (Wildman–Crippen MR) is 66.8 cm³/mol. The molecule has 7 heteroatoms. The van der Waals surface area contributed by atoms with Gasteiger partial charge in [0.25, 0.3) is 5.56 Å². The monoisotopic (exact) mass is 268 g/mol. The van der Waals surface area contributed by atoms with Gasteiger partial charge in [-0.15, -0.1) is 0 Å². The zero-order valence-electron chi connectivity index (χ0n) is 10.8. The number of aliphatic hydroxyl groups is 1. The molecule has 0 aliphatic carbocycles. The third kappa shape index (κ3) is 2.53. The van der Waals surface area contributed by atoms with Crippen LogP contribution < -0.4 is 11.2 Å². The van der Waals surface area contributed by atoms with Crippen LogP contribution in [0.1, 0.15) is 18.7 Å². The van der Waals surface area contributed by atoms with E-state index in [-0.39, 0.29) is 6.61 Å². The Kier molecular flexibility index (Phi) is 3.70. The summed E-state index contributed by atoms with van der Waals surface area (Å²) in [5, 5.41) is 9.33. The summed E-state index contributed by atoms with van der Waals surface area (Å²) >= 11 is 0. The van der Waals surface area contributed by atoms with Crippen LogP contribution >= 0.6 is 0 Å². The van der Waals surface area contributed by atoms with Crippen LogP contribution in [-0.4, -0.2) is 33.7 Å². The number of aliphatic hydroxyl groups excluding tert-OH is 1. The second-order valence-electron chi connectivity index (χ2n) is 4.25. The molecule has 1 aromatic rings. The van der Waals surface area contributed by atoms with Crippen molar-refractivity contribution in [3.8, 4) is 0 Å². The number of hydrogen-bond acceptors (Lipinski definition) is 5. The number of aromatic amines is 1. The van der Waals surface area contributed by atoms with Crippen molar-refractivity contribution in [3.05, 3.63) is 44.8 Å². The molecule has 2 heterocycles. The smallest absolute Gasteiger partial charge is 0.330 e. The Morgan fingerprint density at radius 1 is 1.58 bits per heavy atom. The first kappa shape index (κ1) is 13.7. The molecule has 0 saturated carbocycles. The summed E-state index contributed by atoms with van der Waals surface area (Å²) in [5.41, 5.74) is -0.605. The van der Waals surface area contributed by atoms with Gasteiger partial charge in [-0.2, -0.15) is 0 Å². The molecule has 1 aliphatic rings. The van der Waals surface area contributed by atoms with Crippen LogP contribution in [0.25, 0.3) is 0 Å². The molecule has 0 saturated heterocycles. The lowest BCUT2D eigenvalue weighted by Gasteiger charge is -2.26. The van der Waals surface area contributed by atoms with Crippen molar-refractivity contribution in [1.29, 1.82) is 0 Å². The number of rotatable bonds is 4. The minimum atomic E-state index is -1.23. The molecule has 0 unspecified atom stereocenters. The zero-order valence-corrected chi connectivity index (χ0v) is 10.8. The highest BCUT2D eigenvalue weighted by molar-refractivity contribution is 5.09. The largest absolute Gasteiger partial charge is 0.390 e. The first-order chi connectivity index (χ1) is 9.01. The maximum atomic E-state index is 11.7. The lowest BCUT2D eigenvalue weighted by atomic mass is 10.3. The summed E-state index contributed by atoms with van der Waals surface area (Å²) in [6.07, 6.45) is 3.86. The molecule has 104 valence electrons. The Balaban J connectivity index is 2.32. The Morgan fingerprint density at radius 2 is 2.32 bits per heavy atom. The molecule has 0 fully saturated rings. The number of aryl methyl sites for hydroxylation is 1. The van der Waals surface area contributed by atoms with Crippen molar-refractivity contribution in [3.63, 3.8) is 0 Å². The van der Waals surface area contributed by atoms with Crippen molar-refractivity contribution >= 4 is 0 Å². The van der Waals surface area contributed by atoms with E-state index in [1.807, 2.05) is 0 Å². The van der Waals surface area contributed by atoms with E-state index >= 15 is 0 Å². The van der Waals surface area contributed by atoms with Gasteiger partial charge in [-0.05, 0) is 26.0 Å². The fourth-order valence-corrected chi connectivity index (χ4v) is 1.90. The lowest BCUT2D eigenvalue weighted by molar-refractivity contribution is -0.236. The number of ether oxygens (including phenoxy) is 2. The van der Waals surface area contributed by atoms with E-state index in [1.54, 1.807) is 26.0 Å². The third-order valence-electron chi connectivity index (χ3n) is 2.86. The van der Waals surface area contributed by atoms with E-state index in [0.29, 0.717) is 12.2 Å². The number of hydrogen-bond donors (Lipinski definition) is 2. The van der Waals surface area contributed by atoms with Gasteiger partial charge in [0.1, 0.15) is 6.61 Å². The zero-order chi connectivity index (χ0) is 14.0. The fraction of sp³-hybridized carbons (Fsp3) is 0.500. The third-order valence-corrected chi connectivity index (χ3v) is 2.86. The average Bonchev–Trinajstić information content (AvgIpc) is 2.79. The molecule has 0 bridgehead atoms. The van der Waals surface area contributed by atoms with Gasteiger partial charge in [0.2, 0.25) is 5.79 Å². The van der Waals surface area contributed by atoms with Gasteiger partial charge in [-0.1, -0.05) is 0 Å². The molecule has 2 rings (SSSR count). The van der Waals surface area contributed by atoms with Crippen LogP contribution in [-0.2, 0) is 9.47 Å². The van der Waals surface area contributed by atoms with Gasteiger partial charge in [0, 0.05) is 18.4 Å². The molecule has 0 spiro atoms. The second-order valence-corrected chi connectivity index (χ2v) is 4.25. The molecule has 0 aromatic carbocycles. The van der Waals surface area contributed by atoms with Gasteiger partial charge in [-0.25, -0.2) is 4.79 Å². The van der Waals surface area contributed by atoms with Gasteiger partial charge in [0.15, 0.2) is 6.23 Å². The Bertz CT molecular complexity index is 603. The molecular formula is C12H16N2O5. The van der Waals surface area contributed by atoms with Crippen LogP contribution in [0.4, 0.5) is 0 Å². The van der Waals surface area contributed by atoms with E-state index in [0.717, 1.165) is 0 Å². The Hall–Kier alpha value is -1.70. The highest BCUT2D eigenvalue weighted by Gasteiger charge is 2.37. The van der Waals surface area contributed by atoms with Crippen LogP contribution in [0.2, 0.25) is 0 Å². The van der Waals surface area contributed by atoms with Crippen molar-refractivity contribution in [2.45, 2.75) is 25.9 Å². The van der Waals surface area contributed by atoms with E-state index in [2.05, 4.69) is 4.98 Å². The van der Waals surface area contributed by atoms with Gasteiger partial charge >= 0.3 is 5.69 Å². The first-order valence-electron chi connectivity index (χ1n) is 5.95.